The van der Waals surface area contributed by atoms with E-state index in [0.717, 1.165) is 22.2 Å². The number of para-hydroxylation sites is 1. The number of aromatic hydroxyl groups is 1. The van der Waals surface area contributed by atoms with Crippen molar-refractivity contribution in [1.82, 2.24) is 9.55 Å². The van der Waals surface area contributed by atoms with Crippen molar-refractivity contribution in [3.8, 4) is 5.75 Å². The van der Waals surface area contributed by atoms with E-state index >= 15 is 0 Å². The molecule has 5 aromatic rings. The fourth-order valence-electron chi connectivity index (χ4n) is 3.57. The minimum absolute atomic E-state index is 0.0133. The smallest absolute Gasteiger partial charge is 0.354 e. The van der Waals surface area contributed by atoms with Crippen LogP contribution in [0, 0.1) is 0 Å². The molecule has 0 aliphatic heterocycles. The fourth-order valence-corrected chi connectivity index (χ4v) is 4.42. The van der Waals surface area contributed by atoms with Gasteiger partial charge in [-0.05, 0) is 35.9 Å². The van der Waals surface area contributed by atoms with E-state index in [1.165, 1.54) is 0 Å². The van der Waals surface area contributed by atoms with Gasteiger partial charge in [-0.15, -0.1) is 0 Å². The lowest BCUT2D eigenvalue weighted by Crippen LogP contribution is -2.22. The fraction of sp³-hybridized carbons (Fsp3) is 0.0417. The Morgan fingerprint density at radius 3 is 2.52 bits per heavy atom. The third-order valence-corrected chi connectivity index (χ3v) is 6.06. The highest BCUT2D eigenvalue weighted by molar-refractivity contribution is 7.99. The van der Waals surface area contributed by atoms with Gasteiger partial charge in [-0.2, -0.15) is 0 Å². The molecule has 0 amide bonds. The van der Waals surface area contributed by atoms with Crippen molar-refractivity contribution < 1.29 is 9.52 Å². The Kier molecular flexibility index (Phi) is 4.80. The molecule has 0 bridgehead atoms. The van der Waals surface area contributed by atoms with Crippen LogP contribution < -0.4 is 11.2 Å². The zero-order chi connectivity index (χ0) is 21.4. The van der Waals surface area contributed by atoms with Crippen molar-refractivity contribution in [2.45, 2.75) is 16.3 Å². The van der Waals surface area contributed by atoms with Gasteiger partial charge in [-0.3, -0.25) is 9.78 Å². The summed E-state index contributed by atoms with van der Waals surface area (Å²) in [6, 6.07) is 20.0. The number of pyridine rings is 2. The van der Waals surface area contributed by atoms with Gasteiger partial charge in [0.25, 0.3) is 5.56 Å². The lowest BCUT2D eigenvalue weighted by molar-refractivity contribution is 0.446. The molecule has 0 saturated heterocycles. The molecular weight excluding hydrogens is 412 g/mol. The molecule has 7 heteroatoms. The molecule has 0 spiro atoms. The molecule has 1 N–H and O–H groups in total. The SMILES string of the molecule is O=c1oc2c(c(O)c1Sc1ccccc1)c(=O)n(Cc1cccnc1)c1ccccc21. The molecular formula is C24H16N2O4S. The first-order valence-electron chi connectivity index (χ1n) is 9.56. The van der Waals surface area contributed by atoms with Crippen molar-refractivity contribution in [1.29, 1.82) is 0 Å². The molecule has 0 aliphatic carbocycles. The number of hydrogen-bond donors (Lipinski definition) is 1. The third-order valence-electron chi connectivity index (χ3n) is 4.98. The summed E-state index contributed by atoms with van der Waals surface area (Å²) in [6.45, 7) is 0.267. The maximum Gasteiger partial charge on any atom is 0.354 e. The Bertz CT molecular complexity index is 1530. The van der Waals surface area contributed by atoms with E-state index < -0.39 is 11.2 Å². The Hall–Kier alpha value is -3.84. The lowest BCUT2D eigenvalue weighted by atomic mass is 10.1. The summed E-state index contributed by atoms with van der Waals surface area (Å²) in [5, 5.41) is 11.6. The molecule has 152 valence electrons. The highest BCUT2D eigenvalue weighted by Gasteiger charge is 2.22. The molecule has 0 unspecified atom stereocenters. The van der Waals surface area contributed by atoms with Crippen LogP contribution in [-0.2, 0) is 6.54 Å². The van der Waals surface area contributed by atoms with E-state index in [2.05, 4.69) is 4.98 Å². The standard InChI is InChI=1S/C24H16N2O4S/c27-20-19-21(30-24(29)22(20)31-16-8-2-1-3-9-16)17-10-4-5-11-18(17)26(23(19)28)14-15-7-6-12-25-13-15/h1-13,27H,14H2. The summed E-state index contributed by atoms with van der Waals surface area (Å²) in [6.07, 6.45) is 3.35. The van der Waals surface area contributed by atoms with Gasteiger partial charge in [0.15, 0.2) is 11.3 Å². The second-order valence-corrected chi connectivity index (χ2v) is 8.04. The summed E-state index contributed by atoms with van der Waals surface area (Å²) >= 11 is 1.07. The summed E-state index contributed by atoms with van der Waals surface area (Å²) in [4.78, 5) is 31.1. The maximum absolute atomic E-state index is 13.5. The van der Waals surface area contributed by atoms with Crippen molar-refractivity contribution >= 4 is 33.6 Å². The van der Waals surface area contributed by atoms with Crippen molar-refractivity contribution in [3.63, 3.8) is 0 Å². The Morgan fingerprint density at radius 1 is 0.968 bits per heavy atom. The van der Waals surface area contributed by atoms with Crippen LogP contribution in [0.3, 0.4) is 0 Å². The number of fused-ring (bicyclic) bond motifs is 3. The number of benzene rings is 2. The monoisotopic (exact) mass is 428 g/mol. The largest absolute Gasteiger partial charge is 0.505 e. The molecule has 31 heavy (non-hydrogen) atoms. The van der Waals surface area contributed by atoms with Gasteiger partial charge in [-0.25, -0.2) is 4.79 Å². The molecule has 0 aliphatic rings. The minimum atomic E-state index is -0.687. The first-order chi connectivity index (χ1) is 15.1. The van der Waals surface area contributed by atoms with E-state index in [1.54, 1.807) is 41.2 Å². The minimum Gasteiger partial charge on any atom is -0.505 e. The molecule has 2 aromatic carbocycles. The summed E-state index contributed by atoms with van der Waals surface area (Å²) in [5.74, 6) is -0.365. The third kappa shape index (κ3) is 3.39. The molecule has 0 atom stereocenters. The normalized spacial score (nSPS) is 11.2. The van der Waals surface area contributed by atoms with Gasteiger partial charge in [-0.1, -0.05) is 48.2 Å². The van der Waals surface area contributed by atoms with Crippen LogP contribution in [0.25, 0.3) is 21.9 Å². The Labute approximate surface area is 180 Å². The average Bonchev–Trinajstić information content (AvgIpc) is 2.80. The van der Waals surface area contributed by atoms with Gasteiger partial charge < -0.3 is 14.1 Å². The van der Waals surface area contributed by atoms with Gasteiger partial charge in [0.1, 0.15) is 10.3 Å². The molecule has 0 saturated carbocycles. The van der Waals surface area contributed by atoms with Gasteiger partial charge in [0, 0.05) is 22.7 Å². The van der Waals surface area contributed by atoms with Crippen LogP contribution in [0.1, 0.15) is 5.56 Å². The second kappa shape index (κ2) is 7.77. The van der Waals surface area contributed by atoms with Crippen LogP contribution in [0.5, 0.6) is 5.75 Å². The zero-order valence-corrected chi connectivity index (χ0v) is 17.0. The van der Waals surface area contributed by atoms with Crippen LogP contribution in [0.4, 0.5) is 0 Å². The second-order valence-electron chi connectivity index (χ2n) is 6.96. The van der Waals surface area contributed by atoms with Crippen LogP contribution >= 0.6 is 11.8 Å². The molecule has 0 radical (unpaired) electrons. The molecule has 0 fully saturated rings. The quantitative estimate of drug-likeness (QED) is 0.427. The van der Waals surface area contributed by atoms with Crippen molar-refractivity contribution in [2.24, 2.45) is 0 Å². The molecule has 6 nitrogen and oxygen atoms in total. The van der Waals surface area contributed by atoms with E-state index in [-0.39, 0.29) is 28.2 Å². The predicted octanol–water partition coefficient (Wildman–Crippen LogP) is 4.41. The van der Waals surface area contributed by atoms with E-state index in [4.69, 9.17) is 4.42 Å². The van der Waals surface area contributed by atoms with Gasteiger partial charge in [0.2, 0.25) is 0 Å². The number of hydrogen-bond acceptors (Lipinski definition) is 6. The number of aromatic nitrogens is 2. The Morgan fingerprint density at radius 2 is 1.74 bits per heavy atom. The molecule has 5 rings (SSSR count). The van der Waals surface area contributed by atoms with Crippen LogP contribution in [0.15, 0.2) is 103 Å². The van der Waals surface area contributed by atoms with Crippen LogP contribution in [0.2, 0.25) is 0 Å². The summed E-state index contributed by atoms with van der Waals surface area (Å²) in [5.41, 5.74) is 0.407. The van der Waals surface area contributed by atoms with Crippen LogP contribution in [-0.4, -0.2) is 14.7 Å². The summed E-state index contributed by atoms with van der Waals surface area (Å²) < 4.78 is 7.14. The lowest BCUT2D eigenvalue weighted by Gasteiger charge is -2.14. The molecule has 3 heterocycles. The van der Waals surface area contributed by atoms with E-state index in [9.17, 15) is 14.7 Å². The number of rotatable bonds is 4. The van der Waals surface area contributed by atoms with E-state index in [1.807, 2.05) is 42.5 Å². The maximum atomic E-state index is 13.5. The predicted molar refractivity (Wildman–Crippen MR) is 120 cm³/mol. The first kappa shape index (κ1) is 19.1. The topological polar surface area (TPSA) is 85.3 Å². The van der Waals surface area contributed by atoms with Gasteiger partial charge in [0.05, 0.1) is 12.1 Å². The first-order valence-corrected chi connectivity index (χ1v) is 10.4. The molecule has 3 aromatic heterocycles. The van der Waals surface area contributed by atoms with E-state index in [0.29, 0.717) is 10.9 Å². The average molecular weight is 428 g/mol. The highest BCUT2D eigenvalue weighted by atomic mass is 32.2. The Balaban J connectivity index is 1.81. The van der Waals surface area contributed by atoms with Crippen molar-refractivity contribution in [2.75, 3.05) is 0 Å². The van der Waals surface area contributed by atoms with Gasteiger partial charge >= 0.3 is 5.63 Å². The zero-order valence-electron chi connectivity index (χ0n) is 16.2. The summed E-state index contributed by atoms with van der Waals surface area (Å²) in [7, 11) is 0. The number of nitrogens with zero attached hydrogens (tertiary/aromatic N) is 2. The highest BCUT2D eigenvalue weighted by Crippen LogP contribution is 2.37. The van der Waals surface area contributed by atoms with Crippen molar-refractivity contribution in [3.05, 3.63) is 105 Å².